The van der Waals surface area contributed by atoms with Crippen molar-refractivity contribution in [1.82, 2.24) is 0 Å². The summed E-state index contributed by atoms with van der Waals surface area (Å²) < 4.78 is 0. The Bertz CT molecular complexity index is 305. The molecular formula is C8H8ClN3. The van der Waals surface area contributed by atoms with E-state index in [-0.39, 0.29) is 6.54 Å². The number of halogens is 1. The van der Waals surface area contributed by atoms with Crippen molar-refractivity contribution in [2.24, 2.45) is 5.84 Å². The Hall–Kier alpha value is -1.24. The van der Waals surface area contributed by atoms with E-state index < -0.39 is 0 Å². The third-order valence-corrected chi connectivity index (χ3v) is 1.62. The van der Waals surface area contributed by atoms with Gasteiger partial charge in [-0.05, 0) is 18.2 Å². The first-order chi connectivity index (χ1) is 5.74. The van der Waals surface area contributed by atoms with E-state index in [9.17, 15) is 0 Å². The van der Waals surface area contributed by atoms with E-state index in [2.05, 4.69) is 0 Å². The summed E-state index contributed by atoms with van der Waals surface area (Å²) in [5.74, 6) is 5.53. The summed E-state index contributed by atoms with van der Waals surface area (Å²) in [6.45, 7) is 0.153. The van der Waals surface area contributed by atoms with Crippen molar-refractivity contribution in [3.8, 4) is 6.07 Å². The van der Waals surface area contributed by atoms with Crippen molar-refractivity contribution in [3.05, 3.63) is 29.3 Å². The number of rotatable bonds is 2. The largest absolute Gasteiger partial charge is 0.297 e. The maximum atomic E-state index is 8.36. The molecule has 1 aromatic rings. The van der Waals surface area contributed by atoms with Gasteiger partial charge in [-0.2, -0.15) is 5.26 Å². The lowest BCUT2D eigenvalue weighted by Crippen LogP contribution is -2.30. The van der Waals surface area contributed by atoms with Crippen LogP contribution in [0.5, 0.6) is 0 Å². The number of hydrazine groups is 1. The Kier molecular flexibility index (Phi) is 2.92. The van der Waals surface area contributed by atoms with Crippen molar-refractivity contribution >= 4 is 17.3 Å². The molecule has 0 saturated heterocycles. The van der Waals surface area contributed by atoms with Crippen molar-refractivity contribution in [2.45, 2.75) is 0 Å². The quantitative estimate of drug-likeness (QED) is 0.428. The molecule has 0 spiro atoms. The monoisotopic (exact) mass is 181 g/mol. The first-order valence-corrected chi connectivity index (χ1v) is 3.76. The van der Waals surface area contributed by atoms with E-state index in [0.717, 1.165) is 5.69 Å². The molecule has 2 N–H and O–H groups in total. The first-order valence-electron chi connectivity index (χ1n) is 3.39. The van der Waals surface area contributed by atoms with E-state index in [4.69, 9.17) is 22.7 Å². The minimum atomic E-state index is 0.153. The zero-order chi connectivity index (χ0) is 8.97. The zero-order valence-corrected chi connectivity index (χ0v) is 7.12. The molecule has 4 heteroatoms. The molecule has 0 atom stereocenters. The van der Waals surface area contributed by atoms with Gasteiger partial charge in [-0.15, -0.1) is 0 Å². The minimum absolute atomic E-state index is 0.153. The second-order valence-corrected chi connectivity index (χ2v) is 2.70. The fourth-order valence-corrected chi connectivity index (χ4v) is 1.01. The summed E-state index contributed by atoms with van der Waals surface area (Å²) in [5, 5.41) is 10.3. The third kappa shape index (κ3) is 2.12. The Balaban J connectivity index is 2.82. The lowest BCUT2D eigenvalue weighted by atomic mass is 10.3. The fourth-order valence-electron chi connectivity index (χ4n) is 0.822. The second kappa shape index (κ2) is 3.96. The average molecular weight is 182 g/mol. The first kappa shape index (κ1) is 8.85. The molecule has 62 valence electrons. The third-order valence-electron chi connectivity index (χ3n) is 1.38. The number of nitrogens with zero attached hydrogens (tertiary/aromatic N) is 2. The number of hydrogen-bond donors (Lipinski definition) is 1. The SMILES string of the molecule is N#CCN(N)c1cccc(Cl)c1. The van der Waals surface area contributed by atoms with Gasteiger partial charge in [0.2, 0.25) is 0 Å². The highest BCUT2D eigenvalue weighted by molar-refractivity contribution is 6.30. The van der Waals surface area contributed by atoms with Gasteiger partial charge in [0.25, 0.3) is 0 Å². The Morgan fingerprint density at radius 1 is 1.58 bits per heavy atom. The van der Waals surface area contributed by atoms with E-state index in [1.165, 1.54) is 5.01 Å². The summed E-state index contributed by atoms with van der Waals surface area (Å²) in [6.07, 6.45) is 0. The van der Waals surface area contributed by atoms with E-state index in [1.807, 2.05) is 6.07 Å². The molecule has 0 saturated carbocycles. The lowest BCUT2D eigenvalue weighted by Gasteiger charge is -2.14. The van der Waals surface area contributed by atoms with Crippen LogP contribution in [-0.2, 0) is 0 Å². The van der Waals surface area contributed by atoms with Gasteiger partial charge in [-0.25, -0.2) is 5.84 Å². The molecular weight excluding hydrogens is 174 g/mol. The van der Waals surface area contributed by atoms with Gasteiger partial charge >= 0.3 is 0 Å². The highest BCUT2D eigenvalue weighted by Crippen LogP contribution is 2.16. The molecule has 0 fully saturated rings. The summed E-state index contributed by atoms with van der Waals surface area (Å²) in [4.78, 5) is 0. The lowest BCUT2D eigenvalue weighted by molar-refractivity contribution is 0.946. The van der Waals surface area contributed by atoms with Gasteiger partial charge in [-0.3, -0.25) is 5.01 Å². The van der Waals surface area contributed by atoms with Crippen LogP contribution >= 0.6 is 11.6 Å². The molecule has 1 rings (SSSR count). The highest BCUT2D eigenvalue weighted by atomic mass is 35.5. The van der Waals surface area contributed by atoms with Crippen molar-refractivity contribution < 1.29 is 0 Å². The predicted molar refractivity (Wildman–Crippen MR) is 48.6 cm³/mol. The topological polar surface area (TPSA) is 53.0 Å². The minimum Gasteiger partial charge on any atom is -0.297 e. The normalized spacial score (nSPS) is 9.08. The summed E-state index contributed by atoms with van der Waals surface area (Å²) in [7, 11) is 0. The van der Waals surface area contributed by atoms with E-state index in [1.54, 1.807) is 24.3 Å². The standard InChI is InChI=1S/C8H8ClN3/c9-7-2-1-3-8(6-7)12(11)5-4-10/h1-3,6H,5,11H2. The molecule has 1 aromatic carbocycles. The van der Waals surface area contributed by atoms with Crippen LogP contribution in [-0.4, -0.2) is 6.54 Å². The van der Waals surface area contributed by atoms with Crippen LogP contribution in [0.25, 0.3) is 0 Å². The Labute approximate surface area is 75.9 Å². The van der Waals surface area contributed by atoms with Crippen LogP contribution in [0.1, 0.15) is 0 Å². The van der Waals surface area contributed by atoms with Crippen LogP contribution < -0.4 is 10.9 Å². The van der Waals surface area contributed by atoms with Gasteiger partial charge in [0, 0.05) is 5.02 Å². The molecule has 0 amide bonds. The van der Waals surface area contributed by atoms with Crippen LogP contribution in [0.15, 0.2) is 24.3 Å². The Morgan fingerprint density at radius 2 is 2.33 bits per heavy atom. The number of anilines is 1. The van der Waals surface area contributed by atoms with Crippen LogP contribution in [0.2, 0.25) is 5.02 Å². The van der Waals surface area contributed by atoms with E-state index in [0.29, 0.717) is 5.02 Å². The molecule has 0 unspecified atom stereocenters. The molecule has 0 heterocycles. The molecule has 0 aliphatic heterocycles. The van der Waals surface area contributed by atoms with Crippen LogP contribution in [0.4, 0.5) is 5.69 Å². The van der Waals surface area contributed by atoms with Gasteiger partial charge in [0.15, 0.2) is 0 Å². The maximum absolute atomic E-state index is 8.36. The number of nitrogens with two attached hydrogens (primary N) is 1. The highest BCUT2D eigenvalue weighted by Gasteiger charge is 1.99. The van der Waals surface area contributed by atoms with Crippen molar-refractivity contribution in [2.75, 3.05) is 11.6 Å². The fraction of sp³-hybridized carbons (Fsp3) is 0.125. The molecule has 12 heavy (non-hydrogen) atoms. The van der Waals surface area contributed by atoms with Gasteiger partial charge in [0.05, 0.1) is 11.8 Å². The van der Waals surface area contributed by atoms with Gasteiger partial charge in [0.1, 0.15) is 6.54 Å². The van der Waals surface area contributed by atoms with Gasteiger partial charge < -0.3 is 0 Å². The smallest absolute Gasteiger partial charge is 0.121 e. The Morgan fingerprint density at radius 3 is 2.92 bits per heavy atom. The molecule has 0 bridgehead atoms. The molecule has 0 radical (unpaired) electrons. The van der Waals surface area contributed by atoms with E-state index >= 15 is 0 Å². The number of benzene rings is 1. The second-order valence-electron chi connectivity index (χ2n) is 2.27. The van der Waals surface area contributed by atoms with Crippen molar-refractivity contribution in [3.63, 3.8) is 0 Å². The molecule has 0 aromatic heterocycles. The molecule has 0 aliphatic rings. The predicted octanol–water partition coefficient (Wildman–Crippen LogP) is 1.54. The number of nitriles is 1. The average Bonchev–Trinajstić information content (AvgIpc) is 2.05. The molecule has 0 aliphatic carbocycles. The summed E-state index contributed by atoms with van der Waals surface area (Å²) >= 11 is 5.72. The molecule has 3 nitrogen and oxygen atoms in total. The zero-order valence-electron chi connectivity index (χ0n) is 6.37. The van der Waals surface area contributed by atoms with Crippen LogP contribution in [0.3, 0.4) is 0 Å². The summed E-state index contributed by atoms with van der Waals surface area (Å²) in [6, 6.07) is 8.99. The number of hydrogen-bond acceptors (Lipinski definition) is 3. The van der Waals surface area contributed by atoms with Gasteiger partial charge in [-0.1, -0.05) is 17.7 Å². The van der Waals surface area contributed by atoms with Crippen LogP contribution in [0, 0.1) is 11.3 Å². The summed E-state index contributed by atoms with van der Waals surface area (Å²) in [5.41, 5.74) is 0.740. The van der Waals surface area contributed by atoms with Crippen molar-refractivity contribution in [1.29, 1.82) is 5.26 Å². The maximum Gasteiger partial charge on any atom is 0.121 e.